The Bertz CT molecular complexity index is 852. The summed E-state index contributed by atoms with van der Waals surface area (Å²) in [7, 11) is 0. The van der Waals surface area contributed by atoms with E-state index in [1.54, 1.807) is 6.20 Å². The van der Waals surface area contributed by atoms with Gasteiger partial charge in [0.25, 0.3) is 5.91 Å². The number of carbonyl (C=O) groups excluding carboxylic acids is 1. The zero-order chi connectivity index (χ0) is 18.4. The van der Waals surface area contributed by atoms with E-state index < -0.39 is 0 Å². The summed E-state index contributed by atoms with van der Waals surface area (Å²) >= 11 is 0. The van der Waals surface area contributed by atoms with Gasteiger partial charge in [-0.3, -0.25) is 9.89 Å². The van der Waals surface area contributed by atoms with Crippen LogP contribution in [0.2, 0.25) is 0 Å². The molecule has 3 rings (SSSR count). The van der Waals surface area contributed by atoms with Crippen LogP contribution in [0.1, 0.15) is 35.3 Å². The van der Waals surface area contributed by atoms with E-state index >= 15 is 0 Å². The SMILES string of the molecule is CCOc1ccc(CNC(=O)c2cn[nH]c2-c2ccc(CC)cc2)cc1. The molecule has 0 bridgehead atoms. The third-order valence-electron chi connectivity index (χ3n) is 4.22. The summed E-state index contributed by atoms with van der Waals surface area (Å²) in [5, 5.41) is 9.93. The first-order valence-electron chi connectivity index (χ1n) is 8.84. The highest BCUT2D eigenvalue weighted by Gasteiger charge is 2.15. The van der Waals surface area contributed by atoms with Crippen molar-refractivity contribution in [2.75, 3.05) is 6.61 Å². The van der Waals surface area contributed by atoms with Crippen LogP contribution < -0.4 is 10.1 Å². The number of benzene rings is 2. The van der Waals surface area contributed by atoms with Gasteiger partial charge in [-0.05, 0) is 36.6 Å². The van der Waals surface area contributed by atoms with Crippen LogP contribution in [0.15, 0.2) is 54.7 Å². The molecule has 0 aliphatic rings. The molecule has 1 heterocycles. The number of nitrogens with one attached hydrogen (secondary N) is 2. The Labute approximate surface area is 153 Å². The molecule has 0 atom stereocenters. The van der Waals surface area contributed by atoms with E-state index in [1.165, 1.54) is 5.56 Å². The van der Waals surface area contributed by atoms with E-state index in [-0.39, 0.29) is 5.91 Å². The van der Waals surface area contributed by atoms with Crippen molar-refractivity contribution in [1.82, 2.24) is 15.5 Å². The Kier molecular flexibility index (Phi) is 5.69. The minimum Gasteiger partial charge on any atom is -0.494 e. The maximum absolute atomic E-state index is 12.6. The van der Waals surface area contributed by atoms with Crippen LogP contribution in [0.25, 0.3) is 11.3 Å². The van der Waals surface area contributed by atoms with Crippen molar-refractivity contribution < 1.29 is 9.53 Å². The van der Waals surface area contributed by atoms with Crippen molar-refractivity contribution in [1.29, 1.82) is 0 Å². The van der Waals surface area contributed by atoms with Crippen molar-refractivity contribution >= 4 is 5.91 Å². The molecule has 0 fully saturated rings. The molecular weight excluding hydrogens is 326 g/mol. The van der Waals surface area contributed by atoms with Gasteiger partial charge in [0.2, 0.25) is 0 Å². The topological polar surface area (TPSA) is 67.0 Å². The first kappa shape index (κ1) is 17.7. The highest BCUT2D eigenvalue weighted by Crippen LogP contribution is 2.22. The van der Waals surface area contributed by atoms with E-state index in [9.17, 15) is 4.79 Å². The zero-order valence-corrected chi connectivity index (χ0v) is 15.1. The highest BCUT2D eigenvalue weighted by atomic mass is 16.5. The molecule has 2 aromatic carbocycles. The van der Waals surface area contributed by atoms with Crippen LogP contribution in [0, 0.1) is 0 Å². The van der Waals surface area contributed by atoms with E-state index in [0.29, 0.717) is 18.7 Å². The average Bonchev–Trinajstić information content (AvgIpc) is 3.17. The number of hydrogen-bond acceptors (Lipinski definition) is 3. The summed E-state index contributed by atoms with van der Waals surface area (Å²) < 4.78 is 5.43. The van der Waals surface area contributed by atoms with E-state index in [2.05, 4.69) is 34.6 Å². The predicted molar refractivity (Wildman–Crippen MR) is 102 cm³/mol. The van der Waals surface area contributed by atoms with Gasteiger partial charge in [-0.25, -0.2) is 0 Å². The molecule has 5 nitrogen and oxygen atoms in total. The minimum absolute atomic E-state index is 0.151. The molecule has 1 aromatic heterocycles. The Balaban J connectivity index is 1.67. The Morgan fingerprint density at radius 3 is 2.38 bits per heavy atom. The number of aryl methyl sites for hydroxylation is 1. The third-order valence-corrected chi connectivity index (χ3v) is 4.22. The van der Waals surface area contributed by atoms with Gasteiger partial charge in [0, 0.05) is 12.1 Å². The molecule has 5 heteroatoms. The number of carbonyl (C=O) groups is 1. The molecule has 0 unspecified atom stereocenters. The number of ether oxygens (including phenoxy) is 1. The van der Waals surface area contributed by atoms with Crippen LogP contribution in [0.3, 0.4) is 0 Å². The van der Waals surface area contributed by atoms with Gasteiger partial charge in [0.1, 0.15) is 5.75 Å². The lowest BCUT2D eigenvalue weighted by Gasteiger charge is -2.08. The van der Waals surface area contributed by atoms with E-state index in [4.69, 9.17) is 4.74 Å². The highest BCUT2D eigenvalue weighted by molar-refractivity contribution is 5.99. The monoisotopic (exact) mass is 349 g/mol. The summed E-state index contributed by atoms with van der Waals surface area (Å²) in [5.41, 5.74) is 4.50. The molecule has 0 saturated carbocycles. The van der Waals surface area contributed by atoms with E-state index in [0.717, 1.165) is 29.0 Å². The number of aromatic nitrogens is 2. The van der Waals surface area contributed by atoms with Crippen LogP contribution in [0.4, 0.5) is 0 Å². The standard InChI is InChI=1S/C21H23N3O2/c1-3-15-5-9-17(10-6-15)20-19(14-23-24-20)21(25)22-13-16-7-11-18(12-8-16)26-4-2/h5-12,14H,3-4,13H2,1-2H3,(H,22,25)(H,23,24). The predicted octanol–water partition coefficient (Wildman–Crippen LogP) is 3.97. The average molecular weight is 349 g/mol. The fraction of sp³-hybridized carbons (Fsp3) is 0.238. The second kappa shape index (κ2) is 8.34. The van der Waals surface area contributed by atoms with Gasteiger partial charge < -0.3 is 10.1 Å². The van der Waals surface area contributed by atoms with Crippen molar-refractivity contribution in [3.63, 3.8) is 0 Å². The van der Waals surface area contributed by atoms with E-state index in [1.807, 2.05) is 43.3 Å². The van der Waals surface area contributed by atoms with Gasteiger partial charge in [-0.1, -0.05) is 43.3 Å². The van der Waals surface area contributed by atoms with Gasteiger partial charge in [0.15, 0.2) is 0 Å². The maximum atomic E-state index is 12.6. The molecular formula is C21H23N3O2. The van der Waals surface area contributed by atoms with Crippen molar-refractivity contribution in [2.24, 2.45) is 0 Å². The smallest absolute Gasteiger partial charge is 0.255 e. The molecule has 0 aliphatic carbocycles. The van der Waals surface area contributed by atoms with Crippen LogP contribution >= 0.6 is 0 Å². The lowest BCUT2D eigenvalue weighted by molar-refractivity contribution is 0.0951. The Hall–Kier alpha value is -3.08. The number of nitrogens with zero attached hydrogens (tertiary/aromatic N) is 1. The van der Waals surface area contributed by atoms with Gasteiger partial charge in [-0.15, -0.1) is 0 Å². The van der Waals surface area contributed by atoms with Crippen LogP contribution in [-0.2, 0) is 13.0 Å². The molecule has 3 aromatic rings. The number of hydrogen-bond donors (Lipinski definition) is 2. The Morgan fingerprint density at radius 1 is 1.04 bits per heavy atom. The number of aromatic amines is 1. The van der Waals surface area contributed by atoms with Gasteiger partial charge in [-0.2, -0.15) is 5.10 Å². The lowest BCUT2D eigenvalue weighted by Crippen LogP contribution is -2.22. The van der Waals surface area contributed by atoms with Crippen molar-refractivity contribution in [2.45, 2.75) is 26.8 Å². The fourth-order valence-electron chi connectivity index (χ4n) is 2.73. The minimum atomic E-state index is -0.151. The number of amides is 1. The Morgan fingerprint density at radius 2 is 1.73 bits per heavy atom. The van der Waals surface area contributed by atoms with Gasteiger partial charge >= 0.3 is 0 Å². The second-order valence-electron chi connectivity index (χ2n) is 5.97. The summed E-state index contributed by atoms with van der Waals surface area (Å²) in [6.45, 7) is 5.15. The largest absolute Gasteiger partial charge is 0.494 e. The van der Waals surface area contributed by atoms with Crippen molar-refractivity contribution in [3.05, 3.63) is 71.4 Å². The first-order valence-corrected chi connectivity index (χ1v) is 8.84. The first-order chi connectivity index (χ1) is 12.7. The molecule has 1 amide bonds. The van der Waals surface area contributed by atoms with Gasteiger partial charge in [0.05, 0.1) is 24.1 Å². The zero-order valence-electron chi connectivity index (χ0n) is 15.1. The summed E-state index contributed by atoms with van der Waals surface area (Å²) in [4.78, 5) is 12.6. The van der Waals surface area contributed by atoms with Crippen molar-refractivity contribution in [3.8, 4) is 17.0 Å². The quantitative estimate of drug-likeness (QED) is 0.678. The molecule has 0 saturated heterocycles. The molecule has 2 N–H and O–H groups in total. The molecule has 0 spiro atoms. The molecule has 0 aliphatic heterocycles. The van der Waals surface area contributed by atoms with Crippen LogP contribution in [0.5, 0.6) is 5.75 Å². The summed E-state index contributed by atoms with van der Waals surface area (Å²) in [6, 6.07) is 15.9. The molecule has 26 heavy (non-hydrogen) atoms. The molecule has 0 radical (unpaired) electrons. The lowest BCUT2D eigenvalue weighted by atomic mass is 10.0. The van der Waals surface area contributed by atoms with Crippen LogP contribution in [-0.4, -0.2) is 22.7 Å². The summed E-state index contributed by atoms with van der Waals surface area (Å²) in [6.07, 6.45) is 2.55. The number of rotatable bonds is 7. The third kappa shape index (κ3) is 4.11. The number of H-pyrrole nitrogens is 1. The molecule has 134 valence electrons. The normalized spacial score (nSPS) is 10.5. The maximum Gasteiger partial charge on any atom is 0.255 e. The summed E-state index contributed by atoms with van der Waals surface area (Å²) in [5.74, 6) is 0.678. The fourth-order valence-corrected chi connectivity index (χ4v) is 2.73. The second-order valence-corrected chi connectivity index (χ2v) is 5.97.